The summed E-state index contributed by atoms with van der Waals surface area (Å²) in [6, 6.07) is 12.8. The van der Waals surface area contributed by atoms with E-state index in [1.54, 1.807) is 0 Å². The van der Waals surface area contributed by atoms with Crippen LogP contribution in [-0.2, 0) is 0 Å². The van der Waals surface area contributed by atoms with E-state index in [-0.39, 0.29) is 6.04 Å². The lowest BCUT2D eigenvalue weighted by atomic mass is 9.97. The van der Waals surface area contributed by atoms with E-state index in [1.807, 2.05) is 6.92 Å². The molecule has 2 aromatic carbocycles. The first-order valence-electron chi connectivity index (χ1n) is 4.94. The van der Waals surface area contributed by atoms with Gasteiger partial charge in [-0.25, -0.2) is 0 Å². The Morgan fingerprint density at radius 1 is 1.00 bits per heavy atom. The Kier molecular flexibility index (Phi) is 2.26. The van der Waals surface area contributed by atoms with Gasteiger partial charge >= 0.3 is 0 Å². The lowest BCUT2D eigenvalue weighted by molar-refractivity contribution is 0.826. The molecule has 1 heteroatoms. The van der Waals surface area contributed by atoms with Crippen molar-refractivity contribution in [3.05, 3.63) is 47.5 Å². The van der Waals surface area contributed by atoms with E-state index in [2.05, 4.69) is 43.3 Å². The van der Waals surface area contributed by atoms with Gasteiger partial charge in [-0.1, -0.05) is 36.4 Å². The zero-order valence-corrected chi connectivity index (χ0v) is 8.62. The second-order valence-corrected chi connectivity index (χ2v) is 3.81. The zero-order chi connectivity index (χ0) is 10.1. The number of aryl methyl sites for hydroxylation is 1. The van der Waals surface area contributed by atoms with Crippen molar-refractivity contribution in [1.29, 1.82) is 0 Å². The highest BCUT2D eigenvalue weighted by Crippen LogP contribution is 2.25. The molecule has 1 atom stereocenters. The number of fused-ring (bicyclic) bond motifs is 1. The summed E-state index contributed by atoms with van der Waals surface area (Å²) in [6.07, 6.45) is 0. The third kappa shape index (κ3) is 1.40. The van der Waals surface area contributed by atoms with Crippen molar-refractivity contribution in [2.45, 2.75) is 19.9 Å². The van der Waals surface area contributed by atoms with Crippen LogP contribution in [0.5, 0.6) is 0 Å². The molecule has 14 heavy (non-hydrogen) atoms. The lowest BCUT2D eigenvalue weighted by Crippen LogP contribution is -2.05. The van der Waals surface area contributed by atoms with Crippen LogP contribution in [0.2, 0.25) is 0 Å². The lowest BCUT2D eigenvalue weighted by Gasteiger charge is -2.11. The normalized spacial score (nSPS) is 13.1. The van der Waals surface area contributed by atoms with Gasteiger partial charge in [0.1, 0.15) is 0 Å². The summed E-state index contributed by atoms with van der Waals surface area (Å²) in [5, 5.41) is 2.59. The highest BCUT2D eigenvalue weighted by atomic mass is 14.6. The van der Waals surface area contributed by atoms with Crippen LogP contribution in [0.4, 0.5) is 0 Å². The van der Waals surface area contributed by atoms with Gasteiger partial charge in [-0.05, 0) is 35.7 Å². The van der Waals surface area contributed by atoms with Gasteiger partial charge in [0, 0.05) is 6.04 Å². The van der Waals surface area contributed by atoms with Gasteiger partial charge in [-0.3, -0.25) is 0 Å². The molecule has 0 spiro atoms. The van der Waals surface area contributed by atoms with Gasteiger partial charge in [-0.2, -0.15) is 0 Å². The summed E-state index contributed by atoms with van der Waals surface area (Å²) in [4.78, 5) is 0. The van der Waals surface area contributed by atoms with Crippen molar-refractivity contribution in [3.63, 3.8) is 0 Å². The van der Waals surface area contributed by atoms with E-state index < -0.39 is 0 Å². The standard InChI is InChI=1S/C13H15N/c1-9-7-8-12(10(2)14)13-6-4-3-5-11(9)13/h3-8,10H,14H2,1-2H3/t10-/m1/s1. The van der Waals surface area contributed by atoms with Crippen molar-refractivity contribution in [2.75, 3.05) is 0 Å². The van der Waals surface area contributed by atoms with Crippen LogP contribution in [0.15, 0.2) is 36.4 Å². The molecule has 72 valence electrons. The predicted molar refractivity (Wildman–Crippen MR) is 61.3 cm³/mol. The third-order valence-electron chi connectivity index (χ3n) is 2.67. The SMILES string of the molecule is Cc1ccc([C@@H](C)N)c2ccccc12. The fourth-order valence-corrected chi connectivity index (χ4v) is 1.87. The largest absolute Gasteiger partial charge is 0.324 e. The molecule has 0 aromatic heterocycles. The molecule has 2 aromatic rings. The minimum Gasteiger partial charge on any atom is -0.324 e. The molecule has 0 radical (unpaired) electrons. The first-order valence-corrected chi connectivity index (χ1v) is 4.94. The Morgan fingerprint density at radius 3 is 2.29 bits per heavy atom. The predicted octanol–water partition coefficient (Wildman–Crippen LogP) is 3.17. The Bertz CT molecular complexity index is 458. The van der Waals surface area contributed by atoms with Crippen LogP contribution in [0.25, 0.3) is 10.8 Å². The summed E-state index contributed by atoms with van der Waals surface area (Å²) in [5.74, 6) is 0. The smallest absolute Gasteiger partial charge is 0.0272 e. The highest BCUT2D eigenvalue weighted by molar-refractivity contribution is 5.88. The first kappa shape index (κ1) is 9.22. The Hall–Kier alpha value is -1.34. The van der Waals surface area contributed by atoms with E-state index in [0.29, 0.717) is 0 Å². The molecule has 0 heterocycles. The average molecular weight is 185 g/mol. The van der Waals surface area contributed by atoms with Gasteiger partial charge in [0.25, 0.3) is 0 Å². The van der Waals surface area contributed by atoms with Crippen LogP contribution in [0.3, 0.4) is 0 Å². The maximum Gasteiger partial charge on any atom is 0.0272 e. The number of hydrogen-bond acceptors (Lipinski definition) is 1. The maximum atomic E-state index is 5.93. The van der Waals surface area contributed by atoms with Gasteiger partial charge in [0.2, 0.25) is 0 Å². The highest BCUT2D eigenvalue weighted by Gasteiger charge is 2.05. The Morgan fingerprint density at radius 2 is 1.64 bits per heavy atom. The maximum absolute atomic E-state index is 5.93. The van der Waals surface area contributed by atoms with Gasteiger partial charge < -0.3 is 5.73 Å². The fourth-order valence-electron chi connectivity index (χ4n) is 1.87. The Balaban J connectivity index is 2.82. The van der Waals surface area contributed by atoms with Crippen LogP contribution in [0, 0.1) is 6.92 Å². The molecular formula is C13H15N. The van der Waals surface area contributed by atoms with E-state index >= 15 is 0 Å². The summed E-state index contributed by atoms with van der Waals surface area (Å²) in [7, 11) is 0. The molecule has 0 fully saturated rings. The van der Waals surface area contributed by atoms with Gasteiger partial charge in [-0.15, -0.1) is 0 Å². The van der Waals surface area contributed by atoms with E-state index in [1.165, 1.54) is 21.9 Å². The summed E-state index contributed by atoms with van der Waals surface area (Å²) >= 11 is 0. The van der Waals surface area contributed by atoms with Crippen molar-refractivity contribution in [3.8, 4) is 0 Å². The summed E-state index contributed by atoms with van der Waals surface area (Å²) < 4.78 is 0. The minimum atomic E-state index is 0.0977. The molecular weight excluding hydrogens is 170 g/mol. The molecule has 0 bridgehead atoms. The van der Waals surface area contributed by atoms with Crippen molar-refractivity contribution < 1.29 is 0 Å². The third-order valence-corrected chi connectivity index (χ3v) is 2.67. The summed E-state index contributed by atoms with van der Waals surface area (Å²) in [5.41, 5.74) is 8.47. The van der Waals surface area contributed by atoms with E-state index in [4.69, 9.17) is 5.73 Å². The second kappa shape index (κ2) is 3.43. The van der Waals surface area contributed by atoms with Crippen molar-refractivity contribution in [2.24, 2.45) is 5.73 Å². The van der Waals surface area contributed by atoms with E-state index in [9.17, 15) is 0 Å². The monoisotopic (exact) mass is 185 g/mol. The topological polar surface area (TPSA) is 26.0 Å². The molecule has 0 amide bonds. The molecule has 0 saturated heterocycles. The first-order chi connectivity index (χ1) is 6.70. The van der Waals surface area contributed by atoms with Crippen LogP contribution < -0.4 is 5.73 Å². The van der Waals surface area contributed by atoms with Gasteiger partial charge in [0.05, 0.1) is 0 Å². The molecule has 0 aliphatic carbocycles. The fraction of sp³-hybridized carbons (Fsp3) is 0.231. The van der Waals surface area contributed by atoms with Crippen LogP contribution >= 0.6 is 0 Å². The second-order valence-electron chi connectivity index (χ2n) is 3.81. The molecule has 0 saturated carbocycles. The number of rotatable bonds is 1. The quantitative estimate of drug-likeness (QED) is 0.725. The molecule has 0 aliphatic heterocycles. The molecule has 0 unspecified atom stereocenters. The van der Waals surface area contributed by atoms with Crippen molar-refractivity contribution in [1.82, 2.24) is 0 Å². The van der Waals surface area contributed by atoms with Crippen LogP contribution in [-0.4, -0.2) is 0 Å². The molecule has 0 aliphatic rings. The van der Waals surface area contributed by atoms with Crippen LogP contribution in [0.1, 0.15) is 24.1 Å². The number of hydrogen-bond donors (Lipinski definition) is 1. The number of nitrogens with two attached hydrogens (primary N) is 1. The minimum absolute atomic E-state index is 0.0977. The Labute approximate surface area is 84.5 Å². The average Bonchev–Trinajstić information content (AvgIpc) is 2.18. The van der Waals surface area contributed by atoms with Crippen molar-refractivity contribution >= 4 is 10.8 Å². The molecule has 2 N–H and O–H groups in total. The zero-order valence-electron chi connectivity index (χ0n) is 8.62. The molecule has 2 rings (SSSR count). The van der Waals surface area contributed by atoms with Gasteiger partial charge in [0.15, 0.2) is 0 Å². The summed E-state index contributed by atoms with van der Waals surface area (Å²) in [6.45, 7) is 4.16. The molecule has 1 nitrogen and oxygen atoms in total. The van der Waals surface area contributed by atoms with E-state index in [0.717, 1.165) is 0 Å². The number of benzene rings is 2.